The second-order valence-corrected chi connectivity index (χ2v) is 5.13. The Morgan fingerprint density at radius 1 is 1.29 bits per heavy atom. The largest absolute Gasteiger partial charge is 0.481 e. The Labute approximate surface area is 122 Å². The minimum absolute atomic E-state index is 0.114. The third-order valence-corrected chi connectivity index (χ3v) is 3.57. The van der Waals surface area contributed by atoms with Crippen LogP contribution in [0.1, 0.15) is 12.0 Å². The third-order valence-electron chi connectivity index (χ3n) is 3.57. The van der Waals surface area contributed by atoms with Gasteiger partial charge in [-0.15, -0.1) is 0 Å². The molecule has 6 nitrogen and oxygen atoms in total. The van der Waals surface area contributed by atoms with E-state index in [0.29, 0.717) is 26.1 Å². The highest BCUT2D eigenvalue weighted by Gasteiger charge is 2.32. The molecule has 1 aliphatic heterocycles. The van der Waals surface area contributed by atoms with E-state index in [1.54, 1.807) is 4.90 Å². The second kappa shape index (κ2) is 7.19. The number of ether oxygens (including phenoxy) is 1. The molecule has 0 saturated carbocycles. The average molecular weight is 293 g/mol. The van der Waals surface area contributed by atoms with Crippen LogP contribution in [0.3, 0.4) is 0 Å². The summed E-state index contributed by atoms with van der Waals surface area (Å²) in [5.74, 6) is -2.20. The Hall–Kier alpha value is -1.92. The van der Waals surface area contributed by atoms with Crippen molar-refractivity contribution in [2.75, 3.05) is 19.7 Å². The minimum atomic E-state index is -1.10. The van der Waals surface area contributed by atoms with Gasteiger partial charge in [0.1, 0.15) is 6.04 Å². The number of nitrogens with zero attached hydrogens (tertiary/aromatic N) is 1. The number of carboxylic acids is 2. The summed E-state index contributed by atoms with van der Waals surface area (Å²) >= 11 is 0. The topological polar surface area (TPSA) is 87.1 Å². The Morgan fingerprint density at radius 2 is 2.00 bits per heavy atom. The number of hydrogen-bond donors (Lipinski definition) is 2. The molecule has 0 amide bonds. The van der Waals surface area contributed by atoms with Gasteiger partial charge in [0.05, 0.1) is 19.1 Å². The predicted octanol–water partition coefficient (Wildman–Crippen LogP) is 0.858. The molecule has 2 N–H and O–H groups in total. The van der Waals surface area contributed by atoms with E-state index in [9.17, 15) is 14.7 Å². The van der Waals surface area contributed by atoms with Gasteiger partial charge < -0.3 is 14.9 Å². The van der Waals surface area contributed by atoms with Crippen LogP contribution in [0.5, 0.6) is 0 Å². The molecular formula is C15H19NO5. The van der Waals surface area contributed by atoms with E-state index in [4.69, 9.17) is 9.84 Å². The van der Waals surface area contributed by atoms with E-state index in [-0.39, 0.29) is 6.10 Å². The van der Waals surface area contributed by atoms with Crippen LogP contribution < -0.4 is 0 Å². The minimum Gasteiger partial charge on any atom is -0.481 e. The Balaban J connectivity index is 1.98. The maximum absolute atomic E-state index is 11.3. The zero-order valence-corrected chi connectivity index (χ0v) is 11.6. The first-order valence-corrected chi connectivity index (χ1v) is 6.90. The first kappa shape index (κ1) is 15.5. The molecule has 0 radical (unpaired) electrons. The normalized spacial score (nSPS) is 20.9. The fraction of sp³-hybridized carbons (Fsp3) is 0.467. The number of morpholine rings is 1. The van der Waals surface area contributed by atoms with Crippen molar-refractivity contribution in [3.05, 3.63) is 35.9 Å². The highest BCUT2D eigenvalue weighted by atomic mass is 16.5. The quantitative estimate of drug-likeness (QED) is 0.809. The van der Waals surface area contributed by atoms with Crippen LogP contribution in [0.25, 0.3) is 0 Å². The highest BCUT2D eigenvalue weighted by Crippen LogP contribution is 2.15. The summed E-state index contributed by atoms with van der Waals surface area (Å²) in [5.41, 5.74) is 1.12. The van der Waals surface area contributed by atoms with Crippen LogP contribution in [0.2, 0.25) is 0 Å². The third kappa shape index (κ3) is 4.54. The van der Waals surface area contributed by atoms with Crippen molar-refractivity contribution in [1.29, 1.82) is 0 Å². The fourth-order valence-electron chi connectivity index (χ4n) is 2.56. The van der Waals surface area contributed by atoms with Crippen LogP contribution in [-0.2, 0) is 20.7 Å². The molecule has 0 unspecified atom stereocenters. The lowest BCUT2D eigenvalue weighted by Gasteiger charge is -2.36. The smallest absolute Gasteiger partial charge is 0.321 e. The van der Waals surface area contributed by atoms with Crippen LogP contribution in [0, 0.1) is 0 Å². The molecule has 2 rings (SSSR count). The molecule has 6 heteroatoms. The van der Waals surface area contributed by atoms with E-state index >= 15 is 0 Å². The standard InChI is InChI=1S/C15H19NO5/c17-14(18)9-13(15(19)20)16-6-7-21-12(10-16)8-11-4-2-1-3-5-11/h1-5,12-13H,6-10H2,(H,17,18)(H,19,20)/t12-,13-/m1/s1. The average Bonchev–Trinajstić information content (AvgIpc) is 2.45. The van der Waals surface area contributed by atoms with Crippen molar-refractivity contribution in [3.8, 4) is 0 Å². The lowest BCUT2D eigenvalue weighted by molar-refractivity contribution is -0.153. The number of hydrogen-bond acceptors (Lipinski definition) is 4. The van der Waals surface area contributed by atoms with E-state index in [0.717, 1.165) is 5.56 Å². The van der Waals surface area contributed by atoms with Crippen molar-refractivity contribution in [3.63, 3.8) is 0 Å². The maximum atomic E-state index is 11.3. The van der Waals surface area contributed by atoms with E-state index in [2.05, 4.69) is 0 Å². The first-order chi connectivity index (χ1) is 10.1. The number of benzene rings is 1. The molecule has 114 valence electrons. The van der Waals surface area contributed by atoms with Crippen LogP contribution in [-0.4, -0.2) is 58.9 Å². The lowest BCUT2D eigenvalue weighted by atomic mass is 10.0. The number of carboxylic acid groups (broad SMARTS) is 2. The lowest BCUT2D eigenvalue weighted by Crippen LogP contribution is -2.51. The van der Waals surface area contributed by atoms with Gasteiger partial charge in [-0.25, -0.2) is 0 Å². The molecule has 0 spiro atoms. The monoisotopic (exact) mass is 293 g/mol. The van der Waals surface area contributed by atoms with Crippen molar-refractivity contribution in [2.45, 2.75) is 25.0 Å². The predicted molar refractivity (Wildman–Crippen MR) is 75.1 cm³/mol. The summed E-state index contributed by atoms with van der Waals surface area (Å²) in [6.07, 6.45) is 0.182. The molecule has 1 heterocycles. The van der Waals surface area contributed by atoms with Crippen molar-refractivity contribution < 1.29 is 24.5 Å². The van der Waals surface area contributed by atoms with Gasteiger partial charge in [-0.1, -0.05) is 30.3 Å². The summed E-state index contributed by atoms with van der Waals surface area (Å²) in [6.45, 7) is 1.29. The van der Waals surface area contributed by atoms with Gasteiger partial charge in [-0.3, -0.25) is 14.5 Å². The first-order valence-electron chi connectivity index (χ1n) is 6.90. The van der Waals surface area contributed by atoms with Crippen molar-refractivity contribution >= 4 is 11.9 Å². The summed E-state index contributed by atoms with van der Waals surface area (Å²) in [5, 5.41) is 18.0. The fourth-order valence-corrected chi connectivity index (χ4v) is 2.56. The van der Waals surface area contributed by atoms with E-state index in [1.807, 2.05) is 30.3 Å². The Morgan fingerprint density at radius 3 is 2.62 bits per heavy atom. The highest BCUT2D eigenvalue weighted by molar-refractivity contribution is 5.80. The SMILES string of the molecule is O=C(O)C[C@H](C(=O)O)N1CCO[C@H](Cc2ccccc2)C1. The van der Waals surface area contributed by atoms with Crippen LogP contribution in [0.4, 0.5) is 0 Å². The summed E-state index contributed by atoms with van der Waals surface area (Å²) in [6, 6.07) is 8.82. The van der Waals surface area contributed by atoms with Crippen LogP contribution in [0.15, 0.2) is 30.3 Å². The second-order valence-electron chi connectivity index (χ2n) is 5.13. The molecule has 2 atom stereocenters. The molecule has 1 aromatic rings. The van der Waals surface area contributed by atoms with Gasteiger partial charge in [-0.05, 0) is 12.0 Å². The molecule has 0 aliphatic carbocycles. The van der Waals surface area contributed by atoms with Gasteiger partial charge in [0.25, 0.3) is 0 Å². The maximum Gasteiger partial charge on any atom is 0.321 e. The van der Waals surface area contributed by atoms with E-state index < -0.39 is 24.4 Å². The molecule has 0 bridgehead atoms. The summed E-state index contributed by atoms with van der Waals surface area (Å²) < 4.78 is 5.66. The van der Waals surface area contributed by atoms with Gasteiger partial charge >= 0.3 is 11.9 Å². The molecule has 21 heavy (non-hydrogen) atoms. The molecule has 1 aliphatic rings. The number of aliphatic carboxylic acids is 2. The van der Waals surface area contributed by atoms with Gasteiger partial charge in [0.2, 0.25) is 0 Å². The van der Waals surface area contributed by atoms with Crippen molar-refractivity contribution in [1.82, 2.24) is 4.90 Å². The molecule has 0 aromatic heterocycles. The Kier molecular flexibility index (Phi) is 5.30. The molecule has 1 aromatic carbocycles. The van der Waals surface area contributed by atoms with Gasteiger partial charge in [-0.2, -0.15) is 0 Å². The number of rotatable bonds is 6. The molecule has 1 fully saturated rings. The zero-order chi connectivity index (χ0) is 15.2. The summed E-state index contributed by atoms with van der Waals surface area (Å²) in [7, 11) is 0. The van der Waals surface area contributed by atoms with Gasteiger partial charge in [0, 0.05) is 13.1 Å². The van der Waals surface area contributed by atoms with Gasteiger partial charge in [0.15, 0.2) is 0 Å². The molecule has 1 saturated heterocycles. The number of carbonyl (C=O) groups is 2. The van der Waals surface area contributed by atoms with Crippen LogP contribution >= 0.6 is 0 Å². The molecular weight excluding hydrogens is 274 g/mol. The van der Waals surface area contributed by atoms with Crippen molar-refractivity contribution in [2.24, 2.45) is 0 Å². The summed E-state index contributed by atoms with van der Waals surface area (Å²) in [4.78, 5) is 23.7. The van der Waals surface area contributed by atoms with E-state index in [1.165, 1.54) is 0 Å². The Bertz CT molecular complexity index is 490. The zero-order valence-electron chi connectivity index (χ0n) is 11.6.